The Morgan fingerprint density at radius 1 is 1.46 bits per heavy atom. The van der Waals surface area contributed by atoms with Crippen LogP contribution in [0.3, 0.4) is 0 Å². The number of aliphatic hydroxyl groups excluding tert-OH is 1. The summed E-state index contributed by atoms with van der Waals surface area (Å²) in [7, 11) is 0. The molecular weight excluding hydrogens is 166 g/mol. The van der Waals surface area contributed by atoms with Gasteiger partial charge in [0.2, 0.25) is 0 Å². The molecule has 0 aliphatic carbocycles. The van der Waals surface area contributed by atoms with Gasteiger partial charge in [-0.15, -0.1) is 0 Å². The number of phenolic OH excluding ortho intramolecular Hbond substituents is 1. The molecule has 0 aliphatic rings. The Labute approximate surface area is 78.0 Å². The molecule has 3 nitrogen and oxygen atoms in total. The zero-order valence-electron chi connectivity index (χ0n) is 7.70. The maximum absolute atomic E-state index is 9.14. The van der Waals surface area contributed by atoms with Gasteiger partial charge in [0.1, 0.15) is 5.75 Å². The predicted molar refractivity (Wildman–Crippen MR) is 51.5 cm³/mol. The molecule has 3 heteroatoms. The Morgan fingerprint density at radius 2 is 2.23 bits per heavy atom. The number of rotatable bonds is 4. The van der Waals surface area contributed by atoms with Crippen molar-refractivity contribution in [1.29, 1.82) is 0 Å². The van der Waals surface area contributed by atoms with Crippen LogP contribution in [0.2, 0.25) is 0 Å². The van der Waals surface area contributed by atoms with E-state index in [2.05, 4.69) is 5.32 Å². The van der Waals surface area contributed by atoms with Crippen LogP contribution in [0.1, 0.15) is 12.5 Å². The number of hydrogen-bond acceptors (Lipinski definition) is 3. The fourth-order valence-corrected chi connectivity index (χ4v) is 1.09. The first-order chi connectivity index (χ1) is 6.18. The molecule has 3 N–H and O–H groups in total. The standard InChI is InChI=1S/C10H15NO2/c1-8(12)6-11-7-9-3-2-4-10(13)5-9/h2-5,8,11-13H,6-7H2,1H3/t8-/m0/s1. The summed E-state index contributed by atoms with van der Waals surface area (Å²) < 4.78 is 0. The van der Waals surface area contributed by atoms with E-state index in [1.807, 2.05) is 6.07 Å². The fourth-order valence-electron chi connectivity index (χ4n) is 1.09. The van der Waals surface area contributed by atoms with Crippen molar-refractivity contribution in [3.63, 3.8) is 0 Å². The molecule has 1 rings (SSSR count). The number of nitrogens with one attached hydrogen (secondary N) is 1. The smallest absolute Gasteiger partial charge is 0.115 e. The van der Waals surface area contributed by atoms with E-state index in [0.29, 0.717) is 13.1 Å². The van der Waals surface area contributed by atoms with Crippen molar-refractivity contribution in [2.45, 2.75) is 19.6 Å². The molecule has 0 spiro atoms. The zero-order valence-corrected chi connectivity index (χ0v) is 7.70. The van der Waals surface area contributed by atoms with Gasteiger partial charge in [-0.25, -0.2) is 0 Å². The lowest BCUT2D eigenvalue weighted by molar-refractivity contribution is 0.191. The van der Waals surface area contributed by atoms with Gasteiger partial charge in [0, 0.05) is 13.1 Å². The van der Waals surface area contributed by atoms with Gasteiger partial charge in [-0.3, -0.25) is 0 Å². The van der Waals surface area contributed by atoms with Crippen LogP contribution in [0.4, 0.5) is 0 Å². The lowest BCUT2D eigenvalue weighted by Gasteiger charge is -2.06. The van der Waals surface area contributed by atoms with Crippen LogP contribution < -0.4 is 5.32 Å². The number of aliphatic hydroxyl groups is 1. The Bertz CT molecular complexity index is 261. The molecule has 1 aromatic carbocycles. The molecule has 0 saturated carbocycles. The maximum Gasteiger partial charge on any atom is 0.115 e. The summed E-state index contributed by atoms with van der Waals surface area (Å²) in [5, 5.41) is 21.2. The average molecular weight is 181 g/mol. The Morgan fingerprint density at radius 3 is 2.85 bits per heavy atom. The van der Waals surface area contributed by atoms with Gasteiger partial charge in [-0.05, 0) is 24.6 Å². The highest BCUT2D eigenvalue weighted by atomic mass is 16.3. The zero-order chi connectivity index (χ0) is 9.68. The highest BCUT2D eigenvalue weighted by Crippen LogP contribution is 2.10. The molecule has 0 unspecified atom stereocenters. The van der Waals surface area contributed by atoms with E-state index in [9.17, 15) is 0 Å². The third kappa shape index (κ3) is 3.92. The van der Waals surface area contributed by atoms with Crippen LogP contribution in [-0.2, 0) is 6.54 Å². The van der Waals surface area contributed by atoms with E-state index in [1.165, 1.54) is 0 Å². The van der Waals surface area contributed by atoms with Crippen molar-refractivity contribution in [3.05, 3.63) is 29.8 Å². The number of hydrogen-bond donors (Lipinski definition) is 3. The van der Waals surface area contributed by atoms with Crippen molar-refractivity contribution in [1.82, 2.24) is 5.32 Å². The summed E-state index contributed by atoms with van der Waals surface area (Å²) in [5.41, 5.74) is 1.01. The van der Waals surface area contributed by atoms with E-state index >= 15 is 0 Å². The lowest BCUT2D eigenvalue weighted by Crippen LogP contribution is -2.23. The van der Waals surface area contributed by atoms with Crippen LogP contribution in [0.25, 0.3) is 0 Å². The van der Waals surface area contributed by atoms with Crippen LogP contribution in [0.15, 0.2) is 24.3 Å². The minimum Gasteiger partial charge on any atom is -0.508 e. The fraction of sp³-hybridized carbons (Fsp3) is 0.400. The van der Waals surface area contributed by atoms with E-state index in [-0.39, 0.29) is 11.9 Å². The minimum absolute atomic E-state index is 0.274. The van der Waals surface area contributed by atoms with E-state index < -0.39 is 0 Å². The molecule has 0 amide bonds. The van der Waals surface area contributed by atoms with Crippen LogP contribution in [0.5, 0.6) is 5.75 Å². The van der Waals surface area contributed by atoms with E-state index in [4.69, 9.17) is 10.2 Å². The Kier molecular flexibility index (Phi) is 3.73. The largest absolute Gasteiger partial charge is 0.508 e. The van der Waals surface area contributed by atoms with Crippen LogP contribution >= 0.6 is 0 Å². The van der Waals surface area contributed by atoms with Gasteiger partial charge in [-0.2, -0.15) is 0 Å². The SMILES string of the molecule is C[C@H](O)CNCc1cccc(O)c1. The van der Waals surface area contributed by atoms with Crippen molar-refractivity contribution in [2.75, 3.05) is 6.54 Å². The summed E-state index contributed by atoms with van der Waals surface area (Å²) in [6, 6.07) is 7.07. The molecular formula is C10H15NO2. The summed E-state index contributed by atoms with van der Waals surface area (Å²) in [4.78, 5) is 0. The van der Waals surface area contributed by atoms with Crippen LogP contribution in [-0.4, -0.2) is 22.9 Å². The highest BCUT2D eigenvalue weighted by Gasteiger charge is 1.96. The first-order valence-electron chi connectivity index (χ1n) is 4.35. The van der Waals surface area contributed by atoms with Crippen LogP contribution in [0, 0.1) is 0 Å². The number of phenols is 1. The van der Waals surface area contributed by atoms with Crippen molar-refractivity contribution >= 4 is 0 Å². The van der Waals surface area contributed by atoms with Crippen molar-refractivity contribution in [3.8, 4) is 5.75 Å². The molecule has 0 saturated heterocycles. The van der Waals surface area contributed by atoms with Gasteiger partial charge in [-0.1, -0.05) is 12.1 Å². The highest BCUT2D eigenvalue weighted by molar-refractivity contribution is 5.26. The van der Waals surface area contributed by atoms with Gasteiger partial charge < -0.3 is 15.5 Å². The second-order valence-electron chi connectivity index (χ2n) is 3.15. The first kappa shape index (κ1) is 10.0. The molecule has 0 heterocycles. The second-order valence-corrected chi connectivity index (χ2v) is 3.15. The molecule has 0 aromatic heterocycles. The first-order valence-corrected chi connectivity index (χ1v) is 4.35. The second kappa shape index (κ2) is 4.84. The maximum atomic E-state index is 9.14. The molecule has 0 fully saturated rings. The minimum atomic E-state index is -0.336. The lowest BCUT2D eigenvalue weighted by atomic mass is 10.2. The summed E-state index contributed by atoms with van der Waals surface area (Å²) in [6.07, 6.45) is -0.336. The molecule has 72 valence electrons. The Hall–Kier alpha value is -1.06. The van der Waals surface area contributed by atoms with Crippen molar-refractivity contribution < 1.29 is 10.2 Å². The van der Waals surface area contributed by atoms with Gasteiger partial charge >= 0.3 is 0 Å². The van der Waals surface area contributed by atoms with Gasteiger partial charge in [0.25, 0.3) is 0 Å². The number of aromatic hydroxyl groups is 1. The predicted octanol–water partition coefficient (Wildman–Crippen LogP) is 0.863. The average Bonchev–Trinajstić information content (AvgIpc) is 2.03. The third-order valence-corrected chi connectivity index (χ3v) is 1.68. The third-order valence-electron chi connectivity index (χ3n) is 1.68. The number of benzene rings is 1. The molecule has 13 heavy (non-hydrogen) atoms. The summed E-state index contributed by atoms with van der Waals surface area (Å²) in [5.74, 6) is 0.274. The Balaban J connectivity index is 2.37. The van der Waals surface area contributed by atoms with Gasteiger partial charge in [0.15, 0.2) is 0 Å². The molecule has 0 bridgehead atoms. The summed E-state index contributed by atoms with van der Waals surface area (Å²) in [6.45, 7) is 2.96. The van der Waals surface area contributed by atoms with E-state index in [1.54, 1.807) is 25.1 Å². The van der Waals surface area contributed by atoms with Gasteiger partial charge in [0.05, 0.1) is 6.10 Å². The monoisotopic (exact) mass is 181 g/mol. The normalized spacial score (nSPS) is 12.8. The molecule has 1 aromatic rings. The quantitative estimate of drug-likeness (QED) is 0.646. The summed E-state index contributed by atoms with van der Waals surface area (Å²) >= 11 is 0. The molecule has 1 atom stereocenters. The topological polar surface area (TPSA) is 52.5 Å². The van der Waals surface area contributed by atoms with Crippen molar-refractivity contribution in [2.24, 2.45) is 0 Å². The molecule has 0 aliphatic heterocycles. The van der Waals surface area contributed by atoms with E-state index in [0.717, 1.165) is 5.56 Å². The molecule has 0 radical (unpaired) electrons.